The predicted molar refractivity (Wildman–Crippen MR) is 63.8 cm³/mol. The third-order valence-electron chi connectivity index (χ3n) is 2.87. The van der Waals surface area contributed by atoms with E-state index >= 15 is 0 Å². The van der Waals surface area contributed by atoms with Crippen LogP contribution in [0.1, 0.15) is 39.5 Å². The van der Waals surface area contributed by atoms with Crippen molar-refractivity contribution in [1.82, 2.24) is 5.32 Å². The van der Waals surface area contributed by atoms with Crippen molar-refractivity contribution < 1.29 is 8.42 Å². The smallest absolute Gasteiger partial charge is 0.151 e. The van der Waals surface area contributed by atoms with Crippen molar-refractivity contribution in [3.8, 4) is 0 Å². The predicted octanol–water partition coefficient (Wildman–Crippen LogP) is 1.59. The highest BCUT2D eigenvalue weighted by Gasteiger charge is 2.26. The Morgan fingerprint density at radius 3 is 2.60 bits per heavy atom. The lowest BCUT2D eigenvalue weighted by Gasteiger charge is -2.10. The van der Waals surface area contributed by atoms with Gasteiger partial charge in [0.25, 0.3) is 0 Å². The van der Waals surface area contributed by atoms with Gasteiger partial charge in [-0.05, 0) is 25.3 Å². The van der Waals surface area contributed by atoms with E-state index < -0.39 is 9.84 Å². The van der Waals surface area contributed by atoms with Gasteiger partial charge in [-0.1, -0.05) is 26.7 Å². The normalized spacial score (nSPS) is 24.9. The molecule has 1 saturated heterocycles. The second kappa shape index (κ2) is 5.85. The molecule has 0 amide bonds. The van der Waals surface area contributed by atoms with E-state index in [1.165, 1.54) is 12.8 Å². The summed E-state index contributed by atoms with van der Waals surface area (Å²) in [6, 6.07) is 0.217. The molecule has 0 aromatic rings. The maximum absolute atomic E-state index is 11.2. The second-order valence-electron chi connectivity index (χ2n) is 4.94. The van der Waals surface area contributed by atoms with E-state index in [0.717, 1.165) is 25.3 Å². The summed E-state index contributed by atoms with van der Waals surface area (Å²) in [6.07, 6.45) is 4.47. The molecule has 0 radical (unpaired) electrons. The van der Waals surface area contributed by atoms with Crippen LogP contribution in [0.5, 0.6) is 0 Å². The fraction of sp³-hybridized carbons (Fsp3) is 1.00. The molecule has 0 aromatic heterocycles. The van der Waals surface area contributed by atoms with E-state index in [2.05, 4.69) is 19.2 Å². The van der Waals surface area contributed by atoms with Gasteiger partial charge in [0.2, 0.25) is 0 Å². The van der Waals surface area contributed by atoms with Crippen molar-refractivity contribution >= 4 is 9.84 Å². The lowest BCUT2D eigenvalue weighted by molar-refractivity contribution is 0.493. The van der Waals surface area contributed by atoms with Crippen molar-refractivity contribution in [3.63, 3.8) is 0 Å². The van der Waals surface area contributed by atoms with Gasteiger partial charge in [0.05, 0.1) is 11.5 Å². The number of nitrogens with one attached hydrogen (secondary N) is 1. The molecule has 1 aliphatic rings. The maximum Gasteiger partial charge on any atom is 0.151 e. The van der Waals surface area contributed by atoms with Gasteiger partial charge in [-0.15, -0.1) is 0 Å². The summed E-state index contributed by atoms with van der Waals surface area (Å²) in [5, 5.41) is 3.33. The van der Waals surface area contributed by atoms with Crippen molar-refractivity contribution in [1.29, 1.82) is 0 Å². The molecule has 1 rings (SSSR count). The zero-order chi connectivity index (χ0) is 11.3. The first-order valence-electron chi connectivity index (χ1n) is 5.93. The van der Waals surface area contributed by atoms with Crippen molar-refractivity contribution in [2.75, 3.05) is 18.1 Å². The van der Waals surface area contributed by atoms with E-state index in [1.54, 1.807) is 0 Å². The highest BCUT2D eigenvalue weighted by atomic mass is 32.2. The zero-order valence-electron chi connectivity index (χ0n) is 9.83. The first-order chi connectivity index (χ1) is 6.99. The van der Waals surface area contributed by atoms with Crippen LogP contribution in [0.4, 0.5) is 0 Å². The Kier molecular flexibility index (Phi) is 5.06. The molecule has 3 nitrogen and oxygen atoms in total. The Bertz CT molecular complexity index is 272. The van der Waals surface area contributed by atoms with Crippen LogP contribution < -0.4 is 5.32 Å². The first kappa shape index (κ1) is 13.0. The van der Waals surface area contributed by atoms with Gasteiger partial charge < -0.3 is 5.32 Å². The Hall–Kier alpha value is -0.0900. The monoisotopic (exact) mass is 233 g/mol. The zero-order valence-corrected chi connectivity index (χ0v) is 10.6. The molecule has 1 unspecified atom stereocenters. The molecule has 0 bridgehead atoms. The first-order valence-corrected chi connectivity index (χ1v) is 7.75. The molecule has 1 aliphatic heterocycles. The average Bonchev–Trinajstić information content (AvgIpc) is 2.44. The van der Waals surface area contributed by atoms with Gasteiger partial charge >= 0.3 is 0 Å². The number of unbranched alkanes of at least 4 members (excludes halogenated alkanes) is 1. The molecule has 0 aromatic carbocycles. The summed E-state index contributed by atoms with van der Waals surface area (Å²) in [7, 11) is -2.71. The standard InChI is InChI=1S/C11H23NO2S/c1-10(2)5-3-4-7-12-11-6-8-15(13,14)9-11/h10-12H,3-9H2,1-2H3. The van der Waals surface area contributed by atoms with Crippen molar-refractivity contribution in [2.45, 2.75) is 45.6 Å². The van der Waals surface area contributed by atoms with Crippen LogP contribution in [0.3, 0.4) is 0 Å². The number of rotatable bonds is 6. The highest BCUT2D eigenvalue weighted by molar-refractivity contribution is 7.91. The van der Waals surface area contributed by atoms with Crippen LogP contribution in [-0.4, -0.2) is 32.5 Å². The molecule has 15 heavy (non-hydrogen) atoms. The summed E-state index contributed by atoms with van der Waals surface area (Å²) in [5.41, 5.74) is 0. The van der Waals surface area contributed by atoms with E-state index in [-0.39, 0.29) is 6.04 Å². The third-order valence-corrected chi connectivity index (χ3v) is 4.64. The lowest BCUT2D eigenvalue weighted by atomic mass is 10.1. The fourth-order valence-corrected chi connectivity index (χ4v) is 3.65. The Labute approximate surface area is 93.6 Å². The Morgan fingerprint density at radius 2 is 2.07 bits per heavy atom. The van der Waals surface area contributed by atoms with Crippen LogP contribution in [0, 0.1) is 5.92 Å². The van der Waals surface area contributed by atoms with Crippen molar-refractivity contribution in [3.05, 3.63) is 0 Å². The third kappa shape index (κ3) is 5.52. The summed E-state index contributed by atoms with van der Waals surface area (Å²) in [6.45, 7) is 5.43. The molecule has 0 saturated carbocycles. The van der Waals surface area contributed by atoms with Crippen LogP contribution in [-0.2, 0) is 9.84 Å². The lowest BCUT2D eigenvalue weighted by Crippen LogP contribution is -2.30. The minimum atomic E-state index is -2.71. The molecule has 1 atom stereocenters. The van der Waals surface area contributed by atoms with Crippen LogP contribution in [0.15, 0.2) is 0 Å². The Morgan fingerprint density at radius 1 is 1.33 bits per heavy atom. The van der Waals surface area contributed by atoms with E-state index in [9.17, 15) is 8.42 Å². The van der Waals surface area contributed by atoms with Gasteiger partial charge in [-0.2, -0.15) is 0 Å². The van der Waals surface area contributed by atoms with E-state index in [1.807, 2.05) is 0 Å². The summed E-state index contributed by atoms with van der Waals surface area (Å²) in [5.74, 6) is 1.49. The summed E-state index contributed by atoms with van der Waals surface area (Å²) < 4.78 is 22.4. The maximum atomic E-state index is 11.2. The highest BCUT2D eigenvalue weighted by Crippen LogP contribution is 2.11. The van der Waals surface area contributed by atoms with Crippen LogP contribution in [0.25, 0.3) is 0 Å². The minimum Gasteiger partial charge on any atom is -0.313 e. The molecule has 1 N–H and O–H groups in total. The minimum absolute atomic E-state index is 0.217. The van der Waals surface area contributed by atoms with Crippen LogP contribution >= 0.6 is 0 Å². The SMILES string of the molecule is CC(C)CCCCNC1CCS(=O)(=O)C1. The summed E-state index contributed by atoms with van der Waals surface area (Å²) >= 11 is 0. The quantitative estimate of drug-likeness (QED) is 0.709. The molecule has 0 spiro atoms. The molecule has 90 valence electrons. The topological polar surface area (TPSA) is 46.2 Å². The number of hydrogen-bond donors (Lipinski definition) is 1. The molecular weight excluding hydrogens is 210 g/mol. The largest absolute Gasteiger partial charge is 0.313 e. The van der Waals surface area contributed by atoms with Crippen molar-refractivity contribution in [2.24, 2.45) is 5.92 Å². The summed E-state index contributed by atoms with van der Waals surface area (Å²) in [4.78, 5) is 0. The number of sulfone groups is 1. The van der Waals surface area contributed by atoms with Crippen LogP contribution in [0.2, 0.25) is 0 Å². The molecule has 0 aliphatic carbocycles. The van der Waals surface area contributed by atoms with E-state index in [4.69, 9.17) is 0 Å². The van der Waals surface area contributed by atoms with Gasteiger partial charge in [0.15, 0.2) is 9.84 Å². The van der Waals surface area contributed by atoms with Gasteiger partial charge in [-0.25, -0.2) is 8.42 Å². The molecular formula is C11H23NO2S. The fourth-order valence-electron chi connectivity index (χ4n) is 1.94. The van der Waals surface area contributed by atoms with E-state index in [0.29, 0.717) is 11.5 Å². The Balaban J connectivity index is 2.02. The average molecular weight is 233 g/mol. The molecule has 4 heteroatoms. The second-order valence-corrected chi connectivity index (χ2v) is 7.17. The molecule has 1 fully saturated rings. The number of hydrogen-bond acceptors (Lipinski definition) is 3. The molecule has 1 heterocycles. The van der Waals surface area contributed by atoms with Gasteiger partial charge in [-0.3, -0.25) is 0 Å². The van der Waals surface area contributed by atoms with Gasteiger partial charge in [0, 0.05) is 6.04 Å². The van der Waals surface area contributed by atoms with Gasteiger partial charge in [0.1, 0.15) is 0 Å².